The van der Waals surface area contributed by atoms with Crippen LogP contribution in [0.3, 0.4) is 0 Å². The molecule has 1 unspecified atom stereocenters. The molecule has 22 heavy (non-hydrogen) atoms. The van der Waals surface area contributed by atoms with Gasteiger partial charge in [0.05, 0.1) is 6.04 Å². The monoisotopic (exact) mass is 297 g/mol. The van der Waals surface area contributed by atoms with E-state index in [1.165, 1.54) is 25.0 Å². The van der Waals surface area contributed by atoms with Crippen molar-refractivity contribution in [2.24, 2.45) is 5.92 Å². The molecule has 0 aliphatic heterocycles. The summed E-state index contributed by atoms with van der Waals surface area (Å²) in [5.74, 6) is 0.442. The molecule has 114 valence electrons. The van der Waals surface area contributed by atoms with E-state index < -0.39 is 0 Å². The Morgan fingerprint density at radius 3 is 2.59 bits per heavy atom. The Balaban J connectivity index is 1.86. The Hall–Kier alpha value is -2.43. The van der Waals surface area contributed by atoms with Crippen molar-refractivity contribution in [1.82, 2.24) is 15.1 Å². The van der Waals surface area contributed by atoms with Crippen molar-refractivity contribution in [2.75, 3.05) is 6.54 Å². The van der Waals surface area contributed by atoms with E-state index in [1.54, 1.807) is 0 Å². The molecule has 0 bridgehead atoms. The second-order valence-electron chi connectivity index (χ2n) is 5.79. The molecule has 3 rings (SSSR count). The van der Waals surface area contributed by atoms with E-state index in [9.17, 15) is 9.59 Å². The average Bonchev–Trinajstić information content (AvgIpc) is 3.37. The predicted octanol–water partition coefficient (Wildman–Crippen LogP) is 2.38. The van der Waals surface area contributed by atoms with Gasteiger partial charge in [0.15, 0.2) is 0 Å². The van der Waals surface area contributed by atoms with Crippen LogP contribution in [-0.4, -0.2) is 27.5 Å². The molecule has 1 amide bonds. The molecular formula is C17H19N3O2. The number of hydrogen-bond donors (Lipinski definition) is 1. The summed E-state index contributed by atoms with van der Waals surface area (Å²) in [6.45, 7) is 2.76. The van der Waals surface area contributed by atoms with Gasteiger partial charge in [-0.2, -0.15) is 5.10 Å². The van der Waals surface area contributed by atoms with Gasteiger partial charge < -0.3 is 4.90 Å². The van der Waals surface area contributed by atoms with Crippen LogP contribution in [-0.2, 0) is 0 Å². The number of hydrogen-bond acceptors (Lipinski definition) is 3. The van der Waals surface area contributed by atoms with Crippen molar-refractivity contribution >= 4 is 5.91 Å². The van der Waals surface area contributed by atoms with Gasteiger partial charge in [0, 0.05) is 12.6 Å². The zero-order chi connectivity index (χ0) is 15.5. The third kappa shape index (κ3) is 3.24. The number of benzene rings is 1. The largest absolute Gasteiger partial charge is 0.330 e. The number of carbonyl (C=O) groups is 1. The van der Waals surface area contributed by atoms with Gasteiger partial charge in [0.25, 0.3) is 11.5 Å². The van der Waals surface area contributed by atoms with E-state index in [2.05, 4.69) is 10.2 Å². The number of rotatable bonds is 5. The molecule has 5 heteroatoms. The third-order valence-corrected chi connectivity index (χ3v) is 4.06. The number of nitrogens with zero attached hydrogens (tertiary/aromatic N) is 2. The third-order valence-electron chi connectivity index (χ3n) is 4.06. The second kappa shape index (κ2) is 6.13. The average molecular weight is 297 g/mol. The number of nitrogens with one attached hydrogen (secondary N) is 1. The van der Waals surface area contributed by atoms with Crippen LogP contribution in [0.4, 0.5) is 0 Å². The summed E-state index contributed by atoms with van der Waals surface area (Å²) in [6, 6.07) is 12.8. The molecule has 1 N–H and O–H groups in total. The van der Waals surface area contributed by atoms with Crippen molar-refractivity contribution in [3.05, 3.63) is 64.1 Å². The van der Waals surface area contributed by atoms with Gasteiger partial charge in [-0.1, -0.05) is 30.3 Å². The fourth-order valence-electron chi connectivity index (χ4n) is 2.52. The molecule has 1 fully saturated rings. The van der Waals surface area contributed by atoms with Gasteiger partial charge in [-0.3, -0.25) is 9.59 Å². The maximum atomic E-state index is 12.8. The van der Waals surface area contributed by atoms with Crippen LogP contribution in [0.1, 0.15) is 41.9 Å². The quantitative estimate of drug-likeness (QED) is 0.921. The highest BCUT2D eigenvalue weighted by Crippen LogP contribution is 2.33. The molecule has 0 radical (unpaired) electrons. The highest BCUT2D eigenvalue weighted by molar-refractivity contribution is 5.92. The van der Waals surface area contributed by atoms with Crippen LogP contribution in [0.25, 0.3) is 0 Å². The molecule has 2 aromatic rings. The lowest BCUT2D eigenvalue weighted by atomic mass is 10.1. The van der Waals surface area contributed by atoms with Gasteiger partial charge in [-0.25, -0.2) is 5.10 Å². The molecule has 1 aliphatic rings. The SMILES string of the molecule is CC(c1ccccc1)N(CC1CC1)C(=O)c1ccc(=O)[nH]n1. The van der Waals surface area contributed by atoms with Gasteiger partial charge in [0.1, 0.15) is 5.69 Å². The lowest BCUT2D eigenvalue weighted by Gasteiger charge is -2.29. The summed E-state index contributed by atoms with van der Waals surface area (Å²) in [7, 11) is 0. The van der Waals surface area contributed by atoms with E-state index in [1.807, 2.05) is 42.2 Å². The van der Waals surface area contributed by atoms with E-state index in [0.717, 1.165) is 12.1 Å². The first-order valence-electron chi connectivity index (χ1n) is 7.57. The van der Waals surface area contributed by atoms with Crippen molar-refractivity contribution in [3.8, 4) is 0 Å². The van der Waals surface area contributed by atoms with Crippen molar-refractivity contribution in [1.29, 1.82) is 0 Å². The van der Waals surface area contributed by atoms with Crippen molar-refractivity contribution < 1.29 is 4.79 Å². The van der Waals surface area contributed by atoms with E-state index in [4.69, 9.17) is 0 Å². The molecule has 1 aliphatic carbocycles. The molecule has 1 saturated carbocycles. The minimum absolute atomic E-state index is 0.0250. The zero-order valence-electron chi connectivity index (χ0n) is 12.5. The molecule has 1 heterocycles. The summed E-state index contributed by atoms with van der Waals surface area (Å²) >= 11 is 0. The van der Waals surface area contributed by atoms with Crippen LogP contribution in [0.5, 0.6) is 0 Å². The van der Waals surface area contributed by atoms with Crippen LogP contribution in [0, 0.1) is 5.92 Å². The first kappa shape index (κ1) is 14.5. The number of amides is 1. The Bertz CT molecular complexity index is 687. The van der Waals surface area contributed by atoms with E-state index in [-0.39, 0.29) is 23.2 Å². The van der Waals surface area contributed by atoms with E-state index >= 15 is 0 Å². The summed E-state index contributed by atoms with van der Waals surface area (Å²) in [4.78, 5) is 25.7. The smallest absolute Gasteiger partial charge is 0.274 e. The molecule has 0 spiro atoms. The first-order valence-corrected chi connectivity index (χ1v) is 7.57. The van der Waals surface area contributed by atoms with Crippen LogP contribution < -0.4 is 5.56 Å². The maximum absolute atomic E-state index is 12.8. The summed E-state index contributed by atoms with van der Waals surface area (Å²) in [6.07, 6.45) is 2.34. The predicted molar refractivity (Wildman–Crippen MR) is 83.5 cm³/mol. The number of aromatic nitrogens is 2. The minimum atomic E-state index is -0.304. The number of H-pyrrole nitrogens is 1. The molecule has 1 aromatic heterocycles. The van der Waals surface area contributed by atoms with Crippen molar-refractivity contribution in [2.45, 2.75) is 25.8 Å². The summed E-state index contributed by atoms with van der Waals surface area (Å²) in [5.41, 5.74) is 1.07. The van der Waals surface area contributed by atoms with Crippen LogP contribution >= 0.6 is 0 Å². The normalized spacial score (nSPS) is 15.3. The van der Waals surface area contributed by atoms with Gasteiger partial charge >= 0.3 is 0 Å². The van der Waals surface area contributed by atoms with Crippen LogP contribution in [0.2, 0.25) is 0 Å². The van der Waals surface area contributed by atoms with Gasteiger partial charge in [-0.15, -0.1) is 0 Å². The standard InChI is InChI=1S/C17H19N3O2/c1-12(14-5-3-2-4-6-14)20(11-13-7-8-13)17(22)15-9-10-16(21)19-18-15/h2-6,9-10,12-13H,7-8,11H2,1H3,(H,19,21). The molecule has 1 aromatic carbocycles. The molecular weight excluding hydrogens is 278 g/mol. The van der Waals surface area contributed by atoms with Gasteiger partial charge in [-0.05, 0) is 37.3 Å². The van der Waals surface area contributed by atoms with E-state index in [0.29, 0.717) is 5.92 Å². The topological polar surface area (TPSA) is 66.1 Å². The molecule has 5 nitrogen and oxygen atoms in total. The molecule has 0 saturated heterocycles. The Morgan fingerprint density at radius 1 is 1.27 bits per heavy atom. The summed E-state index contributed by atoms with van der Waals surface area (Å²) in [5, 5.41) is 6.20. The summed E-state index contributed by atoms with van der Waals surface area (Å²) < 4.78 is 0. The lowest BCUT2D eigenvalue weighted by molar-refractivity contribution is 0.0673. The highest BCUT2D eigenvalue weighted by atomic mass is 16.2. The highest BCUT2D eigenvalue weighted by Gasteiger charge is 2.31. The van der Waals surface area contributed by atoms with Gasteiger partial charge in [0.2, 0.25) is 0 Å². The lowest BCUT2D eigenvalue weighted by Crippen LogP contribution is -2.36. The van der Waals surface area contributed by atoms with Crippen molar-refractivity contribution in [3.63, 3.8) is 0 Å². The Labute approximate surface area is 129 Å². The second-order valence-corrected chi connectivity index (χ2v) is 5.79. The minimum Gasteiger partial charge on any atom is -0.330 e. The molecule has 1 atom stereocenters. The fraction of sp³-hybridized carbons (Fsp3) is 0.353. The Morgan fingerprint density at radius 2 is 2.00 bits per heavy atom. The maximum Gasteiger partial charge on any atom is 0.274 e. The first-order chi connectivity index (χ1) is 10.6. The number of aromatic amines is 1. The number of carbonyl (C=O) groups excluding carboxylic acids is 1. The van der Waals surface area contributed by atoms with Crippen LogP contribution in [0.15, 0.2) is 47.3 Å². The fourth-order valence-corrected chi connectivity index (χ4v) is 2.52. The zero-order valence-corrected chi connectivity index (χ0v) is 12.5. The Kier molecular flexibility index (Phi) is 4.04.